The quantitative estimate of drug-likeness (QED) is 0.245. The van der Waals surface area contributed by atoms with Gasteiger partial charge in [0.15, 0.2) is 0 Å². The first-order valence-corrected chi connectivity index (χ1v) is 13.2. The number of hydrogen-bond acceptors (Lipinski definition) is 0. The van der Waals surface area contributed by atoms with Crippen molar-refractivity contribution in [2.45, 2.75) is 25.7 Å². The van der Waals surface area contributed by atoms with Crippen LogP contribution >= 0.6 is 0 Å². The zero-order valence-electron chi connectivity index (χ0n) is 21.1. The molecule has 0 atom stereocenters. The molecule has 1 heterocycles. The molecular formula is C36H27N. The summed E-state index contributed by atoms with van der Waals surface area (Å²) in [6, 6.07) is 36.0. The van der Waals surface area contributed by atoms with Gasteiger partial charge < -0.3 is 4.98 Å². The highest BCUT2D eigenvalue weighted by atomic mass is 14.7. The summed E-state index contributed by atoms with van der Waals surface area (Å²) in [5.74, 6) is 0. The van der Waals surface area contributed by atoms with E-state index in [4.69, 9.17) is 0 Å². The van der Waals surface area contributed by atoms with Gasteiger partial charge in [-0.3, -0.25) is 0 Å². The molecule has 0 saturated heterocycles. The molecular weight excluding hydrogens is 446 g/mol. The monoisotopic (exact) mass is 473 g/mol. The highest BCUT2D eigenvalue weighted by molar-refractivity contribution is 6.05. The molecule has 6 aromatic rings. The van der Waals surface area contributed by atoms with Crippen molar-refractivity contribution in [2.24, 2.45) is 0 Å². The number of H-pyrrole nitrogens is 1. The minimum Gasteiger partial charge on any atom is -0.354 e. The highest BCUT2D eigenvalue weighted by Crippen LogP contribution is 2.52. The summed E-state index contributed by atoms with van der Waals surface area (Å²) in [7, 11) is 0. The molecule has 1 nitrogen and oxygen atoms in total. The van der Waals surface area contributed by atoms with Crippen molar-refractivity contribution in [2.75, 3.05) is 0 Å². The van der Waals surface area contributed by atoms with E-state index in [1.807, 2.05) is 0 Å². The van der Waals surface area contributed by atoms with Crippen LogP contribution in [0.4, 0.5) is 0 Å². The van der Waals surface area contributed by atoms with Crippen LogP contribution in [-0.4, -0.2) is 4.98 Å². The molecule has 0 spiro atoms. The number of aromatic amines is 1. The van der Waals surface area contributed by atoms with E-state index < -0.39 is 0 Å². The summed E-state index contributed by atoms with van der Waals surface area (Å²) in [5.41, 5.74) is 14.5. The van der Waals surface area contributed by atoms with E-state index in [1.165, 1.54) is 77.4 Å². The van der Waals surface area contributed by atoms with Gasteiger partial charge in [0, 0.05) is 21.9 Å². The summed E-state index contributed by atoms with van der Waals surface area (Å²) in [5, 5.41) is 3.97. The molecule has 0 fully saturated rings. The van der Waals surface area contributed by atoms with Crippen LogP contribution in [0.3, 0.4) is 0 Å². The Morgan fingerprint density at radius 3 is 2.41 bits per heavy atom. The second-order valence-electron chi connectivity index (χ2n) is 11.0. The van der Waals surface area contributed by atoms with E-state index >= 15 is 0 Å². The first kappa shape index (κ1) is 20.8. The zero-order valence-corrected chi connectivity index (χ0v) is 21.1. The second kappa shape index (κ2) is 7.33. The maximum atomic E-state index is 3.87. The molecule has 37 heavy (non-hydrogen) atoms. The minimum absolute atomic E-state index is 0.0148. The van der Waals surface area contributed by atoms with Gasteiger partial charge in [-0.1, -0.05) is 117 Å². The maximum Gasteiger partial charge on any atom is 0.0541 e. The summed E-state index contributed by atoms with van der Waals surface area (Å²) in [4.78, 5) is 3.87. The molecule has 0 amide bonds. The van der Waals surface area contributed by atoms with Crippen LogP contribution in [0.15, 0.2) is 103 Å². The number of benzene rings is 5. The number of aromatic nitrogens is 1. The molecule has 176 valence electrons. The van der Waals surface area contributed by atoms with Crippen LogP contribution in [0, 0.1) is 0 Å². The molecule has 8 rings (SSSR count). The van der Waals surface area contributed by atoms with Crippen LogP contribution < -0.4 is 0 Å². The van der Waals surface area contributed by atoms with Gasteiger partial charge >= 0.3 is 0 Å². The number of hydrogen-bond donors (Lipinski definition) is 1. The SMILES string of the molecule is CC1(C)c2ccc(-c3cccc4c5c([nH]c34)-c3ccccc3C=CC5)cc2-c2c1ccc1ccccc21. The average Bonchev–Trinajstić information content (AvgIpc) is 3.33. The van der Waals surface area contributed by atoms with Gasteiger partial charge in [0.05, 0.1) is 11.2 Å². The van der Waals surface area contributed by atoms with Crippen molar-refractivity contribution in [3.8, 4) is 33.5 Å². The third-order valence-electron chi connectivity index (χ3n) is 8.67. The standard InChI is InChI=1S/C36H27N/c1-36(2)31-19-18-24(21-30(31)33-25-12-5-3-10-23(25)17-20-32(33)36)27-14-8-16-29-28-15-7-11-22-9-4-6-13-26(22)34(28)37-35(27)29/h3-14,16-21,37H,15H2,1-2H3. The maximum absolute atomic E-state index is 3.87. The van der Waals surface area contributed by atoms with Gasteiger partial charge in [0.1, 0.15) is 0 Å². The zero-order chi connectivity index (χ0) is 24.7. The molecule has 1 heteroatoms. The third-order valence-corrected chi connectivity index (χ3v) is 8.67. The third kappa shape index (κ3) is 2.80. The number of para-hydroxylation sites is 1. The van der Waals surface area contributed by atoms with Crippen LogP contribution in [0.2, 0.25) is 0 Å². The lowest BCUT2D eigenvalue weighted by molar-refractivity contribution is 0.661. The molecule has 2 aliphatic rings. The topological polar surface area (TPSA) is 15.8 Å². The van der Waals surface area contributed by atoms with Gasteiger partial charge in [-0.15, -0.1) is 0 Å². The normalized spacial score (nSPS) is 14.8. The number of rotatable bonds is 1. The fourth-order valence-electron chi connectivity index (χ4n) is 6.82. The Kier molecular flexibility index (Phi) is 4.12. The van der Waals surface area contributed by atoms with Crippen molar-refractivity contribution < 1.29 is 0 Å². The Morgan fingerprint density at radius 1 is 0.676 bits per heavy atom. The number of fused-ring (bicyclic) bond motifs is 10. The van der Waals surface area contributed by atoms with Gasteiger partial charge in [-0.25, -0.2) is 0 Å². The van der Waals surface area contributed by atoms with Gasteiger partial charge in [-0.05, 0) is 62.2 Å². The summed E-state index contributed by atoms with van der Waals surface area (Å²) in [6.07, 6.45) is 5.48. The van der Waals surface area contributed by atoms with Crippen molar-refractivity contribution in [1.82, 2.24) is 4.98 Å². The van der Waals surface area contributed by atoms with Crippen LogP contribution in [-0.2, 0) is 11.8 Å². The molecule has 0 saturated carbocycles. The molecule has 0 unspecified atom stereocenters. The van der Waals surface area contributed by atoms with Crippen molar-refractivity contribution in [3.05, 3.63) is 125 Å². The van der Waals surface area contributed by atoms with Gasteiger partial charge in [0.25, 0.3) is 0 Å². The number of allylic oxidation sites excluding steroid dienone is 1. The molecule has 0 radical (unpaired) electrons. The predicted octanol–water partition coefficient (Wildman–Crippen LogP) is 9.53. The lowest BCUT2D eigenvalue weighted by Gasteiger charge is -2.21. The smallest absolute Gasteiger partial charge is 0.0541 e. The summed E-state index contributed by atoms with van der Waals surface area (Å²) in [6.45, 7) is 4.72. The minimum atomic E-state index is -0.0148. The van der Waals surface area contributed by atoms with E-state index in [2.05, 4.69) is 128 Å². The van der Waals surface area contributed by atoms with Crippen molar-refractivity contribution in [3.63, 3.8) is 0 Å². The van der Waals surface area contributed by atoms with E-state index in [0.29, 0.717) is 0 Å². The largest absolute Gasteiger partial charge is 0.354 e. The van der Waals surface area contributed by atoms with E-state index in [0.717, 1.165) is 6.42 Å². The molecule has 5 aromatic carbocycles. The lowest BCUT2D eigenvalue weighted by Crippen LogP contribution is -2.14. The van der Waals surface area contributed by atoms with Gasteiger partial charge in [-0.2, -0.15) is 0 Å². The van der Waals surface area contributed by atoms with Crippen LogP contribution in [0.5, 0.6) is 0 Å². The Bertz CT molecular complexity index is 1930. The van der Waals surface area contributed by atoms with E-state index in [1.54, 1.807) is 0 Å². The Hall–Kier alpha value is -4.36. The molecule has 1 aromatic heterocycles. The fraction of sp³-hybridized carbons (Fsp3) is 0.111. The average molecular weight is 474 g/mol. The molecule has 0 bridgehead atoms. The summed E-state index contributed by atoms with van der Waals surface area (Å²) >= 11 is 0. The second-order valence-corrected chi connectivity index (χ2v) is 11.0. The van der Waals surface area contributed by atoms with E-state index in [-0.39, 0.29) is 5.41 Å². The molecule has 2 aliphatic carbocycles. The fourth-order valence-corrected chi connectivity index (χ4v) is 6.82. The van der Waals surface area contributed by atoms with Crippen molar-refractivity contribution >= 4 is 27.8 Å². The number of nitrogens with one attached hydrogen (secondary N) is 1. The predicted molar refractivity (Wildman–Crippen MR) is 157 cm³/mol. The Balaban J connectivity index is 1.38. The lowest BCUT2D eigenvalue weighted by atomic mass is 9.82. The van der Waals surface area contributed by atoms with Crippen LogP contribution in [0.25, 0.3) is 61.3 Å². The van der Waals surface area contributed by atoms with Crippen LogP contribution in [0.1, 0.15) is 36.1 Å². The van der Waals surface area contributed by atoms with Crippen molar-refractivity contribution in [1.29, 1.82) is 0 Å². The summed E-state index contributed by atoms with van der Waals surface area (Å²) < 4.78 is 0. The molecule has 0 aliphatic heterocycles. The Morgan fingerprint density at radius 2 is 1.46 bits per heavy atom. The first-order valence-electron chi connectivity index (χ1n) is 13.2. The van der Waals surface area contributed by atoms with Gasteiger partial charge in [0.2, 0.25) is 0 Å². The Labute approximate surface area is 217 Å². The highest BCUT2D eigenvalue weighted by Gasteiger charge is 2.36. The molecule has 1 N–H and O–H groups in total. The first-order chi connectivity index (χ1) is 18.1. The van der Waals surface area contributed by atoms with E-state index in [9.17, 15) is 0 Å².